The van der Waals surface area contributed by atoms with Gasteiger partial charge >= 0.3 is 0 Å². The summed E-state index contributed by atoms with van der Waals surface area (Å²) in [5, 5.41) is 0.715. The Morgan fingerprint density at radius 3 is 2.47 bits per heavy atom. The fourth-order valence-electron chi connectivity index (χ4n) is 1.07. The third-order valence-corrected chi connectivity index (χ3v) is 8.00. The minimum atomic E-state index is -2.36. The van der Waals surface area contributed by atoms with E-state index in [4.69, 9.17) is 20.9 Å². The summed E-state index contributed by atoms with van der Waals surface area (Å²) in [6.45, 7) is 6.77. The lowest BCUT2D eigenvalue weighted by Crippen LogP contribution is -1.99. The predicted octanol–water partition coefficient (Wildman–Crippen LogP) is 4.23. The number of rotatable bonds is 8. The molecule has 4 nitrogen and oxygen atoms in total. The molecule has 1 unspecified atom stereocenters. The lowest BCUT2D eigenvalue weighted by molar-refractivity contribution is 0.343. The van der Waals surface area contributed by atoms with Crippen LogP contribution in [0, 0.1) is 5.92 Å². The average molecular weight is 338 g/mol. The van der Waals surface area contributed by atoms with Crippen molar-refractivity contribution in [1.82, 2.24) is 9.97 Å². The highest BCUT2D eigenvalue weighted by Crippen LogP contribution is 2.60. The van der Waals surface area contributed by atoms with E-state index in [1.165, 1.54) is 11.8 Å². The molecule has 0 spiro atoms. The van der Waals surface area contributed by atoms with Gasteiger partial charge in [0.1, 0.15) is 0 Å². The monoisotopic (exact) mass is 338 g/mol. The van der Waals surface area contributed by atoms with E-state index >= 15 is 0 Å². The molecule has 1 rings (SSSR count). The highest BCUT2D eigenvalue weighted by Gasteiger charge is 2.22. The zero-order valence-corrected chi connectivity index (χ0v) is 14.9. The third kappa shape index (κ3) is 6.45. The van der Waals surface area contributed by atoms with Crippen LogP contribution in [0.4, 0.5) is 0 Å². The van der Waals surface area contributed by atoms with E-state index < -0.39 is 5.69 Å². The van der Waals surface area contributed by atoms with Gasteiger partial charge in [-0.15, -0.1) is 0 Å². The first kappa shape index (κ1) is 17.2. The van der Waals surface area contributed by atoms with Crippen LogP contribution in [0.1, 0.15) is 20.8 Å². The van der Waals surface area contributed by atoms with Gasteiger partial charge in [-0.3, -0.25) is 0 Å². The van der Waals surface area contributed by atoms with Gasteiger partial charge < -0.3 is 9.05 Å². The lowest BCUT2D eigenvalue weighted by Gasteiger charge is -2.21. The van der Waals surface area contributed by atoms with Crippen molar-refractivity contribution >= 4 is 40.6 Å². The molecule has 108 valence electrons. The lowest BCUT2D eigenvalue weighted by atomic mass is 10.3. The van der Waals surface area contributed by atoms with Gasteiger partial charge in [0.25, 0.3) is 5.69 Å². The van der Waals surface area contributed by atoms with Gasteiger partial charge in [0, 0.05) is 5.75 Å². The number of hydrogen-bond acceptors (Lipinski definition) is 7. The van der Waals surface area contributed by atoms with Crippen molar-refractivity contribution in [3.63, 3.8) is 0 Å². The molecule has 1 atom stereocenters. The van der Waals surface area contributed by atoms with Crippen molar-refractivity contribution in [3.05, 3.63) is 12.4 Å². The Bertz CT molecular complexity index is 428. The van der Waals surface area contributed by atoms with Crippen LogP contribution < -0.4 is 4.52 Å². The Hall–Kier alpha value is 0.190. The Morgan fingerprint density at radius 2 is 2.00 bits per heavy atom. The summed E-state index contributed by atoms with van der Waals surface area (Å²) in [6.07, 6.45) is 5.22. The van der Waals surface area contributed by atoms with Gasteiger partial charge in [0.05, 0.1) is 19.0 Å². The molecule has 0 saturated carbocycles. The number of thioether (sulfide) groups is 1. The second-order valence-electron chi connectivity index (χ2n) is 4.05. The van der Waals surface area contributed by atoms with E-state index in [9.17, 15) is 0 Å². The topological polar surface area (TPSA) is 44.2 Å². The fraction of sp³-hybridized carbons (Fsp3) is 0.636. The molecule has 0 saturated heterocycles. The number of hydrogen-bond donors (Lipinski definition) is 0. The van der Waals surface area contributed by atoms with Crippen molar-refractivity contribution < 1.29 is 9.05 Å². The minimum Gasteiger partial charge on any atom is -0.433 e. The SMILES string of the molecule is CCOP(=S)(Oc1cnc(SC)nc1)SCC(C)C. The molecule has 1 aromatic rings. The third-order valence-electron chi connectivity index (χ3n) is 1.86. The smallest absolute Gasteiger partial charge is 0.297 e. The van der Waals surface area contributed by atoms with E-state index in [1.54, 1.807) is 23.8 Å². The molecule has 1 heterocycles. The summed E-state index contributed by atoms with van der Waals surface area (Å²) < 4.78 is 11.5. The Balaban J connectivity index is 2.73. The maximum absolute atomic E-state index is 5.82. The molecule has 19 heavy (non-hydrogen) atoms. The van der Waals surface area contributed by atoms with Crippen LogP contribution >= 0.6 is 28.8 Å². The molecular formula is C11H19N2O2PS3. The first-order chi connectivity index (χ1) is 8.99. The van der Waals surface area contributed by atoms with E-state index in [0.717, 1.165) is 5.75 Å². The summed E-state index contributed by atoms with van der Waals surface area (Å²) in [5.74, 6) is 2.04. The second-order valence-corrected chi connectivity index (χ2v) is 11.1. The predicted molar refractivity (Wildman–Crippen MR) is 87.6 cm³/mol. The molecular weight excluding hydrogens is 319 g/mol. The number of nitrogens with zero attached hydrogens (tertiary/aromatic N) is 2. The van der Waals surface area contributed by atoms with Crippen molar-refractivity contribution in [1.29, 1.82) is 0 Å². The van der Waals surface area contributed by atoms with Crippen LogP contribution in [0.5, 0.6) is 5.75 Å². The highest BCUT2D eigenvalue weighted by atomic mass is 32.9. The molecule has 8 heteroatoms. The average Bonchev–Trinajstić information content (AvgIpc) is 2.38. The molecule has 0 aromatic carbocycles. The van der Waals surface area contributed by atoms with Crippen LogP contribution in [0.2, 0.25) is 0 Å². The Kier molecular flexibility index (Phi) is 7.69. The minimum absolute atomic E-state index is 0.548. The summed E-state index contributed by atoms with van der Waals surface area (Å²) in [5.41, 5.74) is -2.36. The summed E-state index contributed by atoms with van der Waals surface area (Å²) in [6, 6.07) is 0. The Labute approximate surface area is 128 Å². The molecule has 0 amide bonds. The molecule has 0 N–H and O–H groups in total. The van der Waals surface area contributed by atoms with Gasteiger partial charge in [0.2, 0.25) is 0 Å². The standard InChI is InChI=1S/C11H19N2O2PS3/c1-5-14-16(17,19-8-9(2)3)15-10-6-12-11(18-4)13-7-10/h6-7,9H,5,8H2,1-4H3. The summed E-state index contributed by atoms with van der Waals surface area (Å²) in [4.78, 5) is 8.34. The maximum atomic E-state index is 5.82. The van der Waals surface area contributed by atoms with Crippen LogP contribution in [-0.4, -0.2) is 28.6 Å². The first-order valence-corrected chi connectivity index (χ1v) is 11.4. The van der Waals surface area contributed by atoms with Crippen molar-refractivity contribution in [3.8, 4) is 5.75 Å². The fourth-order valence-corrected chi connectivity index (χ4v) is 6.24. The van der Waals surface area contributed by atoms with Crippen LogP contribution in [0.15, 0.2) is 17.6 Å². The van der Waals surface area contributed by atoms with Crippen molar-refractivity contribution in [2.75, 3.05) is 18.6 Å². The van der Waals surface area contributed by atoms with Crippen molar-refractivity contribution in [2.45, 2.75) is 25.9 Å². The molecule has 0 aliphatic rings. The van der Waals surface area contributed by atoms with Crippen LogP contribution in [0.25, 0.3) is 0 Å². The normalized spacial score (nSPS) is 14.4. The van der Waals surface area contributed by atoms with Gasteiger partial charge in [-0.2, -0.15) is 0 Å². The largest absolute Gasteiger partial charge is 0.433 e. The van der Waals surface area contributed by atoms with Crippen molar-refractivity contribution in [2.24, 2.45) is 5.92 Å². The van der Waals surface area contributed by atoms with E-state index in [0.29, 0.717) is 23.4 Å². The molecule has 1 aromatic heterocycles. The van der Waals surface area contributed by atoms with Gasteiger partial charge in [-0.1, -0.05) is 37.0 Å². The number of aromatic nitrogens is 2. The van der Waals surface area contributed by atoms with E-state index in [-0.39, 0.29) is 0 Å². The van der Waals surface area contributed by atoms with Crippen LogP contribution in [0.3, 0.4) is 0 Å². The van der Waals surface area contributed by atoms with Crippen LogP contribution in [-0.2, 0) is 16.3 Å². The highest BCUT2D eigenvalue weighted by molar-refractivity contribution is 8.68. The zero-order chi connectivity index (χ0) is 14.3. The molecule has 0 aliphatic carbocycles. The quantitative estimate of drug-likeness (QED) is 0.399. The molecule has 0 aliphatic heterocycles. The van der Waals surface area contributed by atoms with Gasteiger partial charge in [-0.25, -0.2) is 9.97 Å². The van der Waals surface area contributed by atoms with Gasteiger partial charge in [-0.05, 0) is 30.9 Å². The summed E-state index contributed by atoms with van der Waals surface area (Å²) >= 11 is 8.60. The van der Waals surface area contributed by atoms with E-state index in [1.807, 2.05) is 13.2 Å². The molecule has 0 radical (unpaired) electrons. The second kappa shape index (κ2) is 8.47. The first-order valence-electron chi connectivity index (χ1n) is 5.94. The molecule has 0 fully saturated rings. The molecule has 0 bridgehead atoms. The summed E-state index contributed by atoms with van der Waals surface area (Å²) in [7, 11) is 0. The zero-order valence-electron chi connectivity index (χ0n) is 11.5. The Morgan fingerprint density at radius 1 is 1.37 bits per heavy atom. The maximum Gasteiger partial charge on any atom is 0.297 e. The van der Waals surface area contributed by atoms with E-state index in [2.05, 4.69) is 23.8 Å². The van der Waals surface area contributed by atoms with Gasteiger partial charge in [0.15, 0.2) is 10.9 Å².